The number of aliphatic hydroxyl groups is 1. The molecule has 0 aromatic carbocycles. The Morgan fingerprint density at radius 1 is 1.60 bits per heavy atom. The number of ether oxygens (including phenoxy) is 1. The molecule has 0 saturated carbocycles. The van der Waals surface area contributed by atoms with Crippen molar-refractivity contribution in [3.05, 3.63) is 0 Å². The topological polar surface area (TPSA) is 58.6 Å². The maximum Gasteiger partial charge on any atom is 0.407 e. The smallest absolute Gasteiger partial charge is 0.407 e. The fourth-order valence-corrected chi connectivity index (χ4v) is 0.927. The van der Waals surface area contributed by atoms with Gasteiger partial charge in [0.25, 0.3) is 0 Å². The Balaban J connectivity index is 3.92. The number of alkyl halides is 1. The molecule has 0 rings (SSSR count). The fraction of sp³-hybridized carbons (Fsp3) is 0.900. The molecule has 15 heavy (non-hydrogen) atoms. The second-order valence-corrected chi connectivity index (χ2v) is 3.93. The Morgan fingerprint density at radius 3 is 2.60 bits per heavy atom. The van der Waals surface area contributed by atoms with Gasteiger partial charge in [0.2, 0.25) is 0 Å². The van der Waals surface area contributed by atoms with Crippen molar-refractivity contribution in [3.63, 3.8) is 0 Å². The van der Waals surface area contributed by atoms with Crippen LogP contribution in [0.5, 0.6) is 0 Å². The van der Waals surface area contributed by atoms with Crippen molar-refractivity contribution in [1.29, 1.82) is 0 Å². The second kappa shape index (κ2) is 6.61. The highest BCUT2D eigenvalue weighted by molar-refractivity contribution is 5.67. The number of unbranched alkanes of at least 4 members (excludes halogenated alkanes) is 1. The molecule has 0 spiro atoms. The molecular formula is C10H20FNO3. The lowest BCUT2D eigenvalue weighted by Crippen LogP contribution is -2.49. The van der Waals surface area contributed by atoms with Crippen molar-refractivity contribution >= 4 is 6.09 Å². The minimum atomic E-state index is -1.67. The van der Waals surface area contributed by atoms with Crippen LogP contribution in [0.1, 0.15) is 33.6 Å². The summed E-state index contributed by atoms with van der Waals surface area (Å²) in [4.78, 5) is 11.1. The highest BCUT2D eigenvalue weighted by atomic mass is 19.1. The van der Waals surface area contributed by atoms with Gasteiger partial charge in [-0.3, -0.25) is 0 Å². The normalized spacial score (nSPS) is 13.4. The standard InChI is InChI=1S/C10H20FNO3/c1-4-5-6-15-9(14)12-8(7-13)10(2,3)11/h8,13H,4-7H2,1-3H3,(H,12,14)/t8-/m1/s1. The van der Waals surface area contributed by atoms with Crippen molar-refractivity contribution in [1.82, 2.24) is 5.32 Å². The summed E-state index contributed by atoms with van der Waals surface area (Å²) in [5.74, 6) is 0. The Labute approximate surface area is 89.8 Å². The quantitative estimate of drug-likeness (QED) is 0.670. The van der Waals surface area contributed by atoms with Crippen LogP contribution >= 0.6 is 0 Å². The second-order valence-electron chi connectivity index (χ2n) is 3.93. The number of aliphatic hydroxyl groups excluding tert-OH is 1. The van der Waals surface area contributed by atoms with Crippen LogP contribution in [0.4, 0.5) is 9.18 Å². The largest absolute Gasteiger partial charge is 0.450 e. The first-order valence-electron chi connectivity index (χ1n) is 5.14. The molecule has 0 aliphatic heterocycles. The Kier molecular flexibility index (Phi) is 6.24. The molecule has 0 aromatic rings. The molecule has 0 bridgehead atoms. The summed E-state index contributed by atoms with van der Waals surface area (Å²) >= 11 is 0. The summed E-state index contributed by atoms with van der Waals surface area (Å²) in [6.07, 6.45) is 1.01. The third-order valence-corrected chi connectivity index (χ3v) is 2.03. The van der Waals surface area contributed by atoms with Gasteiger partial charge in [0.1, 0.15) is 5.67 Å². The van der Waals surface area contributed by atoms with Gasteiger partial charge in [-0.15, -0.1) is 0 Å². The molecule has 1 amide bonds. The predicted molar refractivity (Wildman–Crippen MR) is 55.5 cm³/mol. The monoisotopic (exact) mass is 221 g/mol. The van der Waals surface area contributed by atoms with E-state index in [4.69, 9.17) is 9.84 Å². The average molecular weight is 221 g/mol. The van der Waals surface area contributed by atoms with Crippen molar-refractivity contribution < 1.29 is 19.0 Å². The van der Waals surface area contributed by atoms with E-state index in [1.165, 1.54) is 13.8 Å². The lowest BCUT2D eigenvalue weighted by atomic mass is 10.0. The van der Waals surface area contributed by atoms with Gasteiger partial charge in [0.15, 0.2) is 0 Å². The number of hydrogen-bond acceptors (Lipinski definition) is 3. The number of carbonyl (C=O) groups is 1. The lowest BCUT2D eigenvalue weighted by Gasteiger charge is -2.25. The van der Waals surface area contributed by atoms with E-state index < -0.39 is 24.4 Å². The molecule has 4 nitrogen and oxygen atoms in total. The van der Waals surface area contributed by atoms with E-state index in [1.807, 2.05) is 6.92 Å². The van der Waals surface area contributed by atoms with Gasteiger partial charge >= 0.3 is 6.09 Å². The molecule has 0 saturated heterocycles. The Bertz CT molecular complexity index is 192. The van der Waals surface area contributed by atoms with Crippen LogP contribution in [0, 0.1) is 0 Å². The third kappa shape index (κ3) is 6.28. The number of halogens is 1. The number of rotatable bonds is 6. The van der Waals surface area contributed by atoms with Gasteiger partial charge in [-0.1, -0.05) is 13.3 Å². The minimum absolute atomic E-state index is 0.313. The predicted octanol–water partition coefficient (Wildman–Crippen LogP) is 1.62. The SMILES string of the molecule is CCCCOC(=O)N[C@H](CO)C(C)(C)F. The molecule has 2 N–H and O–H groups in total. The molecule has 0 fully saturated rings. The third-order valence-electron chi connectivity index (χ3n) is 2.03. The van der Waals surface area contributed by atoms with Crippen LogP contribution in [0.3, 0.4) is 0 Å². The molecule has 0 aliphatic carbocycles. The fourth-order valence-electron chi connectivity index (χ4n) is 0.927. The molecule has 0 aromatic heterocycles. The van der Waals surface area contributed by atoms with Crippen molar-refractivity contribution in [2.24, 2.45) is 0 Å². The van der Waals surface area contributed by atoms with Crippen LogP contribution in [-0.2, 0) is 4.74 Å². The summed E-state index contributed by atoms with van der Waals surface area (Å²) in [6.45, 7) is 4.42. The van der Waals surface area contributed by atoms with E-state index in [0.717, 1.165) is 12.8 Å². The molecule has 90 valence electrons. The van der Waals surface area contributed by atoms with Crippen LogP contribution in [-0.4, -0.2) is 36.1 Å². The van der Waals surface area contributed by atoms with Gasteiger partial charge in [-0.25, -0.2) is 9.18 Å². The molecule has 5 heteroatoms. The zero-order valence-corrected chi connectivity index (χ0v) is 9.55. The van der Waals surface area contributed by atoms with Gasteiger partial charge in [-0.2, -0.15) is 0 Å². The Morgan fingerprint density at radius 2 is 2.20 bits per heavy atom. The zero-order valence-electron chi connectivity index (χ0n) is 9.55. The highest BCUT2D eigenvalue weighted by Gasteiger charge is 2.30. The van der Waals surface area contributed by atoms with Gasteiger partial charge < -0.3 is 15.2 Å². The van der Waals surface area contributed by atoms with Crippen LogP contribution in [0.25, 0.3) is 0 Å². The number of nitrogens with one attached hydrogen (secondary N) is 1. The Hall–Kier alpha value is -0.840. The molecule has 1 atom stereocenters. The first-order chi connectivity index (χ1) is 6.91. The van der Waals surface area contributed by atoms with Crippen LogP contribution in [0.15, 0.2) is 0 Å². The summed E-state index contributed by atoms with van der Waals surface area (Å²) in [6, 6.07) is -0.938. The van der Waals surface area contributed by atoms with E-state index in [9.17, 15) is 9.18 Å². The summed E-state index contributed by atoms with van der Waals surface area (Å²) < 4.78 is 18.2. The number of hydrogen-bond donors (Lipinski definition) is 2. The van der Waals surface area contributed by atoms with Gasteiger partial charge in [0, 0.05) is 0 Å². The average Bonchev–Trinajstić information content (AvgIpc) is 2.12. The first kappa shape index (κ1) is 14.2. The maximum atomic E-state index is 13.4. The molecule has 0 radical (unpaired) electrons. The van der Waals surface area contributed by atoms with E-state index in [2.05, 4.69) is 5.32 Å². The van der Waals surface area contributed by atoms with E-state index >= 15 is 0 Å². The highest BCUT2D eigenvalue weighted by Crippen LogP contribution is 2.13. The zero-order chi connectivity index (χ0) is 11.9. The van der Waals surface area contributed by atoms with E-state index in [1.54, 1.807) is 0 Å². The van der Waals surface area contributed by atoms with Crippen molar-refractivity contribution in [2.45, 2.75) is 45.3 Å². The summed E-state index contributed by atoms with van der Waals surface area (Å²) in [5.41, 5.74) is -1.67. The molecule has 0 aliphatic rings. The number of amides is 1. The van der Waals surface area contributed by atoms with Crippen LogP contribution < -0.4 is 5.32 Å². The van der Waals surface area contributed by atoms with Crippen molar-refractivity contribution in [2.75, 3.05) is 13.2 Å². The molecule has 0 heterocycles. The minimum Gasteiger partial charge on any atom is -0.450 e. The van der Waals surface area contributed by atoms with Crippen molar-refractivity contribution in [3.8, 4) is 0 Å². The summed E-state index contributed by atoms with van der Waals surface area (Å²) in [5, 5.41) is 11.2. The molecular weight excluding hydrogens is 201 g/mol. The van der Waals surface area contributed by atoms with E-state index in [-0.39, 0.29) is 0 Å². The van der Waals surface area contributed by atoms with E-state index in [0.29, 0.717) is 6.61 Å². The number of carbonyl (C=O) groups excluding carboxylic acids is 1. The van der Waals surface area contributed by atoms with Gasteiger partial charge in [-0.05, 0) is 20.3 Å². The maximum absolute atomic E-state index is 13.4. The molecule has 0 unspecified atom stereocenters. The summed E-state index contributed by atoms with van der Waals surface area (Å²) in [7, 11) is 0. The van der Waals surface area contributed by atoms with Crippen LogP contribution in [0.2, 0.25) is 0 Å². The first-order valence-corrected chi connectivity index (χ1v) is 5.14. The number of alkyl carbamates (subject to hydrolysis) is 1. The van der Waals surface area contributed by atoms with Gasteiger partial charge in [0.05, 0.1) is 19.3 Å². The lowest BCUT2D eigenvalue weighted by molar-refractivity contribution is 0.0825.